The number of likely N-dealkylation sites (tertiary alicyclic amines) is 1. The van der Waals surface area contributed by atoms with E-state index in [1.807, 2.05) is 0 Å². The molecule has 0 amide bonds. The summed E-state index contributed by atoms with van der Waals surface area (Å²) in [7, 11) is 0. The van der Waals surface area contributed by atoms with Crippen molar-refractivity contribution in [1.82, 2.24) is 4.90 Å². The number of piperidine rings is 1. The highest BCUT2D eigenvalue weighted by Crippen LogP contribution is 2.24. The molecular formula is C15H21BrClN. The molecule has 18 heavy (non-hydrogen) atoms. The van der Waals surface area contributed by atoms with Gasteiger partial charge in [0.2, 0.25) is 0 Å². The molecule has 1 nitrogen and oxygen atoms in total. The Balaban J connectivity index is 1.96. The molecule has 1 heterocycles. The first kappa shape index (κ1) is 14.4. The van der Waals surface area contributed by atoms with Crippen LogP contribution >= 0.6 is 27.5 Å². The van der Waals surface area contributed by atoms with Gasteiger partial charge in [-0.15, -0.1) is 0 Å². The van der Waals surface area contributed by atoms with Gasteiger partial charge in [-0.25, -0.2) is 0 Å². The summed E-state index contributed by atoms with van der Waals surface area (Å²) in [6.07, 6.45) is 3.99. The van der Waals surface area contributed by atoms with Crippen LogP contribution in [-0.4, -0.2) is 23.3 Å². The lowest BCUT2D eigenvalue weighted by Gasteiger charge is -2.32. The van der Waals surface area contributed by atoms with Crippen molar-refractivity contribution in [3.63, 3.8) is 0 Å². The number of nitrogens with zero attached hydrogens (tertiary/aromatic N) is 1. The van der Waals surface area contributed by atoms with Gasteiger partial charge in [0.1, 0.15) is 0 Å². The van der Waals surface area contributed by atoms with Gasteiger partial charge in [-0.2, -0.15) is 0 Å². The van der Waals surface area contributed by atoms with E-state index in [0.29, 0.717) is 0 Å². The first-order chi connectivity index (χ1) is 8.69. The summed E-state index contributed by atoms with van der Waals surface area (Å²) < 4.78 is 0. The van der Waals surface area contributed by atoms with Gasteiger partial charge in [0.05, 0.1) is 0 Å². The summed E-state index contributed by atoms with van der Waals surface area (Å²) >= 11 is 9.86. The second kappa shape index (κ2) is 6.93. The fourth-order valence-electron chi connectivity index (χ4n) is 2.71. The zero-order chi connectivity index (χ0) is 13.0. The normalized spacial score (nSPS) is 21.2. The summed E-state index contributed by atoms with van der Waals surface area (Å²) in [5.41, 5.74) is 2.50. The van der Waals surface area contributed by atoms with Crippen LogP contribution in [0.25, 0.3) is 0 Å². The third-order valence-corrected chi connectivity index (χ3v) is 4.53. The van der Waals surface area contributed by atoms with Crippen LogP contribution in [0.3, 0.4) is 0 Å². The molecule has 1 aromatic rings. The first-order valence-electron chi connectivity index (χ1n) is 6.72. The fourth-order valence-corrected chi connectivity index (χ4v) is 3.65. The monoisotopic (exact) mass is 329 g/mol. The van der Waals surface area contributed by atoms with Crippen LogP contribution in [0.2, 0.25) is 5.02 Å². The van der Waals surface area contributed by atoms with Gasteiger partial charge in [-0.3, -0.25) is 4.90 Å². The number of halogens is 2. The molecule has 1 fully saturated rings. The summed E-state index contributed by atoms with van der Waals surface area (Å²) in [6.45, 7) is 5.51. The molecule has 0 N–H and O–H groups in total. The van der Waals surface area contributed by atoms with E-state index in [0.717, 1.165) is 22.8 Å². The molecular weight excluding hydrogens is 310 g/mol. The minimum atomic E-state index is 0.849. The molecule has 100 valence electrons. The molecule has 1 unspecified atom stereocenters. The zero-order valence-electron chi connectivity index (χ0n) is 11.0. The van der Waals surface area contributed by atoms with Gasteiger partial charge in [-0.1, -0.05) is 39.7 Å². The number of rotatable bonds is 4. The average molecular weight is 331 g/mol. The Morgan fingerprint density at radius 1 is 1.44 bits per heavy atom. The van der Waals surface area contributed by atoms with Crippen LogP contribution in [0.15, 0.2) is 18.2 Å². The summed E-state index contributed by atoms with van der Waals surface area (Å²) in [6, 6.07) is 6.39. The third kappa shape index (κ3) is 3.97. The lowest BCUT2D eigenvalue weighted by Crippen LogP contribution is -2.35. The molecule has 1 aliphatic heterocycles. The Morgan fingerprint density at radius 3 is 3.00 bits per heavy atom. The van der Waals surface area contributed by atoms with Crippen molar-refractivity contribution in [3.8, 4) is 0 Å². The Kier molecular flexibility index (Phi) is 5.53. The second-order valence-electron chi connectivity index (χ2n) is 5.32. The molecule has 0 saturated carbocycles. The minimum Gasteiger partial charge on any atom is -0.299 e. The Morgan fingerprint density at radius 2 is 2.28 bits per heavy atom. The molecule has 2 rings (SSSR count). The Hall–Kier alpha value is -0.0500. The number of hydrogen-bond acceptors (Lipinski definition) is 1. The van der Waals surface area contributed by atoms with Crippen LogP contribution in [0, 0.1) is 12.8 Å². The first-order valence-corrected chi connectivity index (χ1v) is 8.22. The highest BCUT2D eigenvalue weighted by Gasteiger charge is 2.19. The smallest absolute Gasteiger partial charge is 0.0453 e. The van der Waals surface area contributed by atoms with Crippen molar-refractivity contribution >= 4 is 27.5 Å². The molecule has 1 aliphatic rings. The van der Waals surface area contributed by atoms with Crippen LogP contribution in [0.4, 0.5) is 0 Å². The molecule has 0 radical (unpaired) electrons. The van der Waals surface area contributed by atoms with Gasteiger partial charge in [0, 0.05) is 23.4 Å². The van der Waals surface area contributed by atoms with Gasteiger partial charge in [0.15, 0.2) is 0 Å². The number of benzene rings is 1. The summed E-state index contributed by atoms with van der Waals surface area (Å²) in [5.74, 6) is 0.849. The molecule has 3 heteroatoms. The Bertz CT molecular complexity index is 392. The van der Waals surface area contributed by atoms with Crippen molar-refractivity contribution in [2.24, 2.45) is 5.92 Å². The van der Waals surface area contributed by atoms with Crippen molar-refractivity contribution < 1.29 is 0 Å². The number of alkyl halides is 1. The lowest BCUT2D eigenvalue weighted by atomic mass is 9.95. The molecule has 1 saturated heterocycles. The summed E-state index contributed by atoms with van der Waals surface area (Å²) in [5, 5.41) is 2.04. The van der Waals surface area contributed by atoms with Gasteiger partial charge < -0.3 is 0 Å². The molecule has 0 aromatic heterocycles. The maximum atomic E-state index is 6.31. The zero-order valence-corrected chi connectivity index (χ0v) is 13.3. The third-order valence-electron chi connectivity index (χ3n) is 3.72. The lowest BCUT2D eigenvalue weighted by molar-refractivity contribution is 0.165. The van der Waals surface area contributed by atoms with Crippen molar-refractivity contribution in [1.29, 1.82) is 0 Å². The molecule has 1 atom stereocenters. The van der Waals surface area contributed by atoms with E-state index < -0.39 is 0 Å². The van der Waals surface area contributed by atoms with E-state index in [1.54, 1.807) is 0 Å². The van der Waals surface area contributed by atoms with E-state index in [-0.39, 0.29) is 0 Å². The minimum absolute atomic E-state index is 0.849. The predicted octanol–water partition coefficient (Wildman–Crippen LogP) is 4.65. The molecule has 1 aromatic carbocycles. The van der Waals surface area contributed by atoms with E-state index in [4.69, 9.17) is 11.6 Å². The van der Waals surface area contributed by atoms with E-state index >= 15 is 0 Å². The maximum absolute atomic E-state index is 6.31. The SMILES string of the molecule is Cc1ccc(CN2CCCC(CCBr)C2)c(Cl)c1. The van der Waals surface area contributed by atoms with Gasteiger partial charge >= 0.3 is 0 Å². The highest BCUT2D eigenvalue weighted by atomic mass is 79.9. The topological polar surface area (TPSA) is 3.24 Å². The highest BCUT2D eigenvalue weighted by molar-refractivity contribution is 9.09. The van der Waals surface area contributed by atoms with Crippen LogP contribution in [0.1, 0.15) is 30.4 Å². The van der Waals surface area contributed by atoms with Crippen molar-refractivity contribution in [3.05, 3.63) is 34.3 Å². The molecule has 0 aliphatic carbocycles. The summed E-state index contributed by atoms with van der Waals surface area (Å²) in [4.78, 5) is 2.55. The molecule has 0 spiro atoms. The predicted molar refractivity (Wildman–Crippen MR) is 82.6 cm³/mol. The number of aryl methyl sites for hydroxylation is 1. The second-order valence-corrected chi connectivity index (χ2v) is 6.52. The maximum Gasteiger partial charge on any atom is 0.0453 e. The quantitative estimate of drug-likeness (QED) is 0.727. The van der Waals surface area contributed by atoms with Gasteiger partial charge in [0.25, 0.3) is 0 Å². The van der Waals surface area contributed by atoms with E-state index in [1.165, 1.54) is 43.5 Å². The standard InChI is InChI=1S/C15H21BrClN/c1-12-4-5-14(15(17)9-12)11-18-8-2-3-13(10-18)6-7-16/h4-5,9,13H,2-3,6-8,10-11H2,1H3. The molecule has 0 bridgehead atoms. The van der Waals surface area contributed by atoms with E-state index in [9.17, 15) is 0 Å². The van der Waals surface area contributed by atoms with Crippen molar-refractivity contribution in [2.45, 2.75) is 32.7 Å². The fraction of sp³-hybridized carbons (Fsp3) is 0.600. The van der Waals surface area contributed by atoms with Gasteiger partial charge in [-0.05, 0) is 55.8 Å². The van der Waals surface area contributed by atoms with Crippen LogP contribution in [0.5, 0.6) is 0 Å². The number of hydrogen-bond donors (Lipinski definition) is 0. The van der Waals surface area contributed by atoms with E-state index in [2.05, 4.69) is 46.0 Å². The van der Waals surface area contributed by atoms with Crippen LogP contribution < -0.4 is 0 Å². The average Bonchev–Trinajstić information content (AvgIpc) is 2.34. The van der Waals surface area contributed by atoms with Crippen molar-refractivity contribution in [2.75, 3.05) is 18.4 Å². The Labute approximate surface area is 124 Å². The largest absolute Gasteiger partial charge is 0.299 e. The van der Waals surface area contributed by atoms with Crippen LogP contribution in [-0.2, 0) is 6.54 Å².